The SMILES string of the molecule is COc1ccc(C2c3c([nH]c(=O)[nH]c3=O)NC3NNC(C)C32)c(OC)c1. The van der Waals surface area contributed by atoms with Gasteiger partial charge in [0.05, 0.1) is 25.9 Å². The summed E-state index contributed by atoms with van der Waals surface area (Å²) in [6.07, 6.45) is -0.147. The summed E-state index contributed by atoms with van der Waals surface area (Å²) >= 11 is 0. The molecule has 1 aromatic heterocycles. The number of anilines is 1. The summed E-state index contributed by atoms with van der Waals surface area (Å²) in [5.41, 5.74) is 6.80. The lowest BCUT2D eigenvalue weighted by atomic mass is 9.74. The highest BCUT2D eigenvalue weighted by Crippen LogP contribution is 2.45. The van der Waals surface area contributed by atoms with Crippen LogP contribution in [0.15, 0.2) is 27.8 Å². The quantitative estimate of drug-likeness (QED) is 0.526. The molecule has 26 heavy (non-hydrogen) atoms. The highest BCUT2D eigenvalue weighted by atomic mass is 16.5. The van der Waals surface area contributed by atoms with Crippen LogP contribution in [0.5, 0.6) is 11.5 Å². The maximum Gasteiger partial charge on any atom is 0.327 e. The van der Waals surface area contributed by atoms with Crippen molar-refractivity contribution in [3.63, 3.8) is 0 Å². The predicted octanol–water partition coefficient (Wildman–Crippen LogP) is 0.0764. The second-order valence-corrected chi connectivity index (χ2v) is 6.56. The zero-order valence-corrected chi connectivity index (χ0v) is 14.7. The van der Waals surface area contributed by atoms with Gasteiger partial charge in [-0.25, -0.2) is 10.2 Å². The van der Waals surface area contributed by atoms with Gasteiger partial charge >= 0.3 is 5.69 Å². The number of hydrazine groups is 1. The van der Waals surface area contributed by atoms with Crippen LogP contribution in [-0.2, 0) is 0 Å². The van der Waals surface area contributed by atoms with Gasteiger partial charge in [-0.15, -0.1) is 0 Å². The van der Waals surface area contributed by atoms with Crippen LogP contribution in [0.4, 0.5) is 5.82 Å². The largest absolute Gasteiger partial charge is 0.497 e. The monoisotopic (exact) mass is 359 g/mol. The van der Waals surface area contributed by atoms with Crippen LogP contribution in [0, 0.1) is 5.92 Å². The molecule has 0 amide bonds. The minimum absolute atomic E-state index is 0.0248. The molecule has 1 aromatic carbocycles. The molecular formula is C17H21N5O4. The lowest BCUT2D eigenvalue weighted by Gasteiger charge is -2.37. The number of aromatic nitrogens is 2. The van der Waals surface area contributed by atoms with Crippen LogP contribution in [0.3, 0.4) is 0 Å². The second-order valence-electron chi connectivity index (χ2n) is 6.56. The van der Waals surface area contributed by atoms with Gasteiger partial charge in [0.25, 0.3) is 5.56 Å². The average Bonchev–Trinajstić information content (AvgIpc) is 3.00. The first kappa shape index (κ1) is 16.7. The van der Waals surface area contributed by atoms with Crippen molar-refractivity contribution >= 4 is 5.82 Å². The van der Waals surface area contributed by atoms with Gasteiger partial charge in [0.2, 0.25) is 0 Å². The minimum Gasteiger partial charge on any atom is -0.497 e. The molecule has 0 aliphatic carbocycles. The van der Waals surface area contributed by atoms with Crippen LogP contribution in [0.25, 0.3) is 0 Å². The van der Waals surface area contributed by atoms with E-state index in [2.05, 4.69) is 26.1 Å². The van der Waals surface area contributed by atoms with Crippen molar-refractivity contribution in [2.75, 3.05) is 19.5 Å². The first-order valence-corrected chi connectivity index (χ1v) is 8.39. The molecule has 3 heterocycles. The van der Waals surface area contributed by atoms with E-state index >= 15 is 0 Å². The number of hydrogen-bond donors (Lipinski definition) is 5. The lowest BCUT2D eigenvalue weighted by Crippen LogP contribution is -2.47. The molecule has 138 valence electrons. The molecule has 2 aliphatic heterocycles. The van der Waals surface area contributed by atoms with Crippen LogP contribution < -0.4 is 36.9 Å². The van der Waals surface area contributed by atoms with Crippen molar-refractivity contribution in [3.8, 4) is 11.5 Å². The van der Waals surface area contributed by atoms with E-state index in [0.717, 1.165) is 5.56 Å². The zero-order valence-electron chi connectivity index (χ0n) is 14.7. The maximum atomic E-state index is 12.7. The fraction of sp³-hybridized carbons (Fsp3) is 0.412. The lowest BCUT2D eigenvalue weighted by molar-refractivity contribution is 0.359. The highest BCUT2D eigenvalue weighted by Gasteiger charge is 2.46. The number of benzene rings is 1. The Bertz CT molecular complexity index is 953. The van der Waals surface area contributed by atoms with Gasteiger partial charge in [-0.3, -0.25) is 20.2 Å². The topological polar surface area (TPSA) is 120 Å². The Morgan fingerprint density at radius 1 is 1.04 bits per heavy atom. The van der Waals surface area contributed by atoms with Crippen molar-refractivity contribution < 1.29 is 9.47 Å². The minimum atomic E-state index is -0.542. The maximum absolute atomic E-state index is 12.7. The van der Waals surface area contributed by atoms with Crippen molar-refractivity contribution in [3.05, 3.63) is 50.2 Å². The molecule has 2 aliphatic rings. The van der Waals surface area contributed by atoms with Gasteiger partial charge in [0, 0.05) is 29.5 Å². The van der Waals surface area contributed by atoms with Crippen LogP contribution in [0.2, 0.25) is 0 Å². The molecule has 1 saturated heterocycles. The summed E-state index contributed by atoms with van der Waals surface area (Å²) in [6, 6.07) is 5.63. The Morgan fingerprint density at radius 2 is 1.85 bits per heavy atom. The third kappa shape index (κ3) is 2.47. The molecule has 4 atom stereocenters. The van der Waals surface area contributed by atoms with E-state index in [1.807, 2.05) is 19.1 Å². The molecule has 9 heteroatoms. The molecule has 5 N–H and O–H groups in total. The molecule has 4 rings (SSSR count). The third-order valence-electron chi connectivity index (χ3n) is 5.18. The Hall–Kier alpha value is -2.78. The fourth-order valence-corrected chi connectivity index (χ4v) is 4.01. The number of methoxy groups -OCH3 is 2. The van der Waals surface area contributed by atoms with Crippen molar-refractivity contribution in [1.82, 2.24) is 20.8 Å². The number of ether oxygens (including phenoxy) is 2. The van der Waals surface area contributed by atoms with Gasteiger partial charge in [0.15, 0.2) is 0 Å². The molecular weight excluding hydrogens is 338 g/mol. The molecule has 9 nitrogen and oxygen atoms in total. The van der Waals surface area contributed by atoms with Gasteiger partial charge in [-0.2, -0.15) is 0 Å². The van der Waals surface area contributed by atoms with E-state index in [-0.39, 0.29) is 24.0 Å². The van der Waals surface area contributed by atoms with Crippen molar-refractivity contribution in [1.29, 1.82) is 0 Å². The summed E-state index contributed by atoms with van der Waals surface area (Å²) in [5.74, 6) is 1.46. The van der Waals surface area contributed by atoms with E-state index in [4.69, 9.17) is 9.47 Å². The van der Waals surface area contributed by atoms with Gasteiger partial charge in [0.1, 0.15) is 17.3 Å². The Balaban J connectivity index is 1.96. The van der Waals surface area contributed by atoms with E-state index < -0.39 is 11.2 Å². The van der Waals surface area contributed by atoms with E-state index in [0.29, 0.717) is 22.9 Å². The van der Waals surface area contributed by atoms with Crippen LogP contribution in [-0.4, -0.2) is 36.4 Å². The molecule has 0 saturated carbocycles. The Kier molecular flexibility index (Phi) is 3.97. The number of rotatable bonds is 3. The summed E-state index contributed by atoms with van der Waals surface area (Å²) in [4.78, 5) is 29.4. The summed E-state index contributed by atoms with van der Waals surface area (Å²) < 4.78 is 10.9. The fourth-order valence-electron chi connectivity index (χ4n) is 4.01. The summed E-state index contributed by atoms with van der Waals surface area (Å²) in [7, 11) is 3.18. The molecule has 0 radical (unpaired) electrons. The predicted molar refractivity (Wildman–Crippen MR) is 95.7 cm³/mol. The molecule has 0 bridgehead atoms. The number of fused-ring (bicyclic) bond motifs is 2. The Labute approximate surface area is 149 Å². The number of H-pyrrole nitrogens is 2. The Morgan fingerprint density at radius 3 is 2.58 bits per heavy atom. The third-order valence-corrected chi connectivity index (χ3v) is 5.18. The van der Waals surface area contributed by atoms with Crippen molar-refractivity contribution in [2.45, 2.75) is 25.0 Å². The number of nitrogens with one attached hydrogen (secondary N) is 5. The standard InChI is InChI=1S/C17H21N5O4/c1-7-11-12(9-5-4-8(25-2)6-10(9)26-3)13-14(18-15(11)22-21-7)19-17(24)20-16(13)23/h4-7,11-12,15,21-22H,1-3H3,(H3,18,19,20,23,24). The number of hydrogen-bond acceptors (Lipinski definition) is 7. The second kappa shape index (κ2) is 6.19. The molecule has 4 unspecified atom stereocenters. The van der Waals surface area contributed by atoms with Crippen molar-refractivity contribution in [2.24, 2.45) is 5.92 Å². The molecule has 1 fully saturated rings. The molecule has 2 aromatic rings. The first-order valence-electron chi connectivity index (χ1n) is 8.39. The van der Waals surface area contributed by atoms with E-state index in [9.17, 15) is 9.59 Å². The van der Waals surface area contributed by atoms with E-state index in [1.165, 1.54) is 0 Å². The van der Waals surface area contributed by atoms with Gasteiger partial charge in [-0.05, 0) is 13.0 Å². The zero-order chi connectivity index (χ0) is 18.4. The van der Waals surface area contributed by atoms with Gasteiger partial charge < -0.3 is 14.8 Å². The van der Waals surface area contributed by atoms with E-state index in [1.54, 1.807) is 20.3 Å². The normalized spacial score (nSPS) is 26.6. The smallest absolute Gasteiger partial charge is 0.327 e. The molecule has 0 spiro atoms. The van der Waals surface area contributed by atoms with Crippen LogP contribution in [0.1, 0.15) is 24.0 Å². The highest BCUT2D eigenvalue weighted by molar-refractivity contribution is 5.57. The van der Waals surface area contributed by atoms with Crippen LogP contribution >= 0.6 is 0 Å². The average molecular weight is 359 g/mol. The first-order chi connectivity index (χ1) is 12.5. The summed E-state index contributed by atoms with van der Waals surface area (Å²) in [5, 5.41) is 3.22. The summed E-state index contributed by atoms with van der Waals surface area (Å²) in [6.45, 7) is 2.05. The number of aromatic amines is 2. The van der Waals surface area contributed by atoms with Gasteiger partial charge in [-0.1, -0.05) is 6.07 Å².